The average molecular weight is 574 g/mol. The molecule has 212 valence electrons. The molecule has 1 saturated carbocycles. The first-order valence-corrected chi connectivity index (χ1v) is 14.1. The predicted molar refractivity (Wildman–Crippen MR) is 157 cm³/mol. The van der Waals surface area contributed by atoms with E-state index in [9.17, 15) is 9.59 Å². The minimum Gasteiger partial charge on any atom is -0.493 e. The number of pyridine rings is 1. The second-order valence-electron chi connectivity index (χ2n) is 11.6. The molecule has 2 amide bonds. The highest BCUT2D eigenvalue weighted by atomic mass is 35.5. The van der Waals surface area contributed by atoms with Gasteiger partial charge in [-0.25, -0.2) is 4.79 Å². The number of benzene rings is 1. The highest BCUT2D eigenvalue weighted by Gasteiger charge is 2.54. The molecule has 3 aromatic rings. The van der Waals surface area contributed by atoms with Crippen molar-refractivity contribution in [3.8, 4) is 28.8 Å². The Morgan fingerprint density at radius 1 is 1.24 bits per heavy atom. The molecule has 0 radical (unpaired) electrons. The maximum Gasteiger partial charge on any atom is 0.411 e. The standard InChI is InChI=1S/C31H32ClN5O4/c1-31(2,3)41-30(39)37-19(14-18-15-24(18)37)9-8-17-16-33-12-10-20(17)26-27(25-22(35-26)11-13-34-29(25)38)36-23-7-5-6-21(32)28(23)40-4/h5-7,10,12,16,18-19,24,35-36H,11,13-15H2,1-4H3,(H,34,38). The molecule has 3 atom stereocenters. The van der Waals surface area contributed by atoms with Gasteiger partial charge in [-0.2, -0.15) is 0 Å². The Kier molecular flexibility index (Phi) is 6.82. The number of halogens is 1. The van der Waals surface area contributed by atoms with Crippen molar-refractivity contribution in [3.05, 3.63) is 58.5 Å². The maximum absolute atomic E-state index is 13.1. The van der Waals surface area contributed by atoms with Crippen LogP contribution in [0.2, 0.25) is 5.02 Å². The first kappa shape index (κ1) is 27.0. The monoisotopic (exact) mass is 573 g/mol. The van der Waals surface area contributed by atoms with E-state index in [2.05, 4.69) is 32.4 Å². The third-order valence-corrected chi connectivity index (χ3v) is 7.87. The minimum atomic E-state index is -0.577. The number of anilines is 2. The van der Waals surface area contributed by atoms with Crippen molar-refractivity contribution in [2.24, 2.45) is 5.92 Å². The number of methoxy groups -OCH3 is 1. The molecule has 2 aliphatic heterocycles. The number of H-pyrrole nitrogens is 1. The van der Waals surface area contributed by atoms with Crippen LogP contribution in [0.1, 0.15) is 55.2 Å². The van der Waals surface area contributed by atoms with Crippen LogP contribution in [0, 0.1) is 17.8 Å². The van der Waals surface area contributed by atoms with Gasteiger partial charge in [0, 0.05) is 42.7 Å². The quantitative estimate of drug-likeness (QED) is 0.355. The van der Waals surface area contributed by atoms with Crippen molar-refractivity contribution < 1.29 is 19.1 Å². The van der Waals surface area contributed by atoms with Gasteiger partial charge in [-0.15, -0.1) is 0 Å². The molecule has 4 heterocycles. The number of carbonyl (C=O) groups excluding carboxylic acids is 2. The summed E-state index contributed by atoms with van der Waals surface area (Å²) in [5.74, 6) is 7.41. The second kappa shape index (κ2) is 10.3. The van der Waals surface area contributed by atoms with Crippen molar-refractivity contribution >= 4 is 35.0 Å². The van der Waals surface area contributed by atoms with Gasteiger partial charge in [0.05, 0.1) is 46.4 Å². The van der Waals surface area contributed by atoms with Crippen LogP contribution in [-0.4, -0.2) is 58.2 Å². The molecular weight excluding hydrogens is 542 g/mol. The summed E-state index contributed by atoms with van der Waals surface area (Å²) < 4.78 is 11.2. The summed E-state index contributed by atoms with van der Waals surface area (Å²) in [5.41, 5.74) is 4.19. The average Bonchev–Trinajstić information content (AvgIpc) is 3.42. The van der Waals surface area contributed by atoms with E-state index in [1.54, 1.807) is 30.5 Å². The zero-order valence-corrected chi connectivity index (χ0v) is 24.2. The molecular formula is C31H32ClN5O4. The van der Waals surface area contributed by atoms with Crippen molar-refractivity contribution in [3.63, 3.8) is 0 Å². The highest BCUT2D eigenvalue weighted by Crippen LogP contribution is 2.48. The number of likely N-dealkylation sites (tertiary alicyclic amines) is 1. The molecule has 2 aromatic heterocycles. The number of aromatic amines is 1. The normalized spacial score (nSPS) is 20.8. The lowest BCUT2D eigenvalue weighted by molar-refractivity contribution is 0.0224. The number of hydrogen-bond acceptors (Lipinski definition) is 6. The summed E-state index contributed by atoms with van der Waals surface area (Å²) in [4.78, 5) is 35.7. The Hall–Kier alpha value is -4.16. The number of rotatable bonds is 4. The largest absolute Gasteiger partial charge is 0.493 e. The van der Waals surface area contributed by atoms with Gasteiger partial charge < -0.3 is 25.1 Å². The topological polar surface area (TPSA) is 109 Å². The molecule has 3 aliphatic rings. The van der Waals surface area contributed by atoms with Gasteiger partial charge in [0.1, 0.15) is 5.60 Å². The Labute approximate surface area is 244 Å². The van der Waals surface area contributed by atoms with E-state index in [1.165, 1.54) is 0 Å². The number of carbonyl (C=O) groups is 2. The van der Waals surface area contributed by atoms with Crippen LogP contribution in [0.25, 0.3) is 11.3 Å². The maximum atomic E-state index is 13.1. The molecule has 2 fully saturated rings. The van der Waals surface area contributed by atoms with Gasteiger partial charge in [-0.3, -0.25) is 14.7 Å². The van der Waals surface area contributed by atoms with Crippen molar-refractivity contribution in [1.29, 1.82) is 0 Å². The fraction of sp³-hybridized carbons (Fsp3) is 0.387. The van der Waals surface area contributed by atoms with Crippen LogP contribution in [0.3, 0.4) is 0 Å². The molecule has 10 heteroatoms. The fourth-order valence-electron chi connectivity index (χ4n) is 5.69. The van der Waals surface area contributed by atoms with E-state index in [0.717, 1.165) is 24.1 Å². The Morgan fingerprint density at radius 2 is 2.07 bits per heavy atom. The van der Waals surface area contributed by atoms with E-state index in [1.807, 2.05) is 39.0 Å². The molecule has 0 spiro atoms. The summed E-state index contributed by atoms with van der Waals surface area (Å²) in [6.45, 7) is 6.15. The molecule has 3 N–H and O–H groups in total. The number of hydrogen-bond donors (Lipinski definition) is 3. The van der Waals surface area contributed by atoms with E-state index in [4.69, 9.17) is 21.1 Å². The lowest BCUT2D eigenvalue weighted by Gasteiger charge is -2.28. The van der Waals surface area contributed by atoms with E-state index >= 15 is 0 Å². The molecule has 6 rings (SSSR count). The van der Waals surface area contributed by atoms with Gasteiger partial charge in [0.2, 0.25) is 0 Å². The van der Waals surface area contributed by atoms with Gasteiger partial charge in [-0.1, -0.05) is 29.5 Å². The molecule has 1 aromatic carbocycles. The van der Waals surface area contributed by atoms with E-state index < -0.39 is 5.60 Å². The third-order valence-electron chi connectivity index (χ3n) is 7.57. The van der Waals surface area contributed by atoms with Gasteiger partial charge in [-0.05, 0) is 57.7 Å². The Morgan fingerprint density at radius 3 is 2.85 bits per heavy atom. The lowest BCUT2D eigenvalue weighted by Crippen LogP contribution is -2.41. The van der Waals surface area contributed by atoms with Gasteiger partial charge in [0.25, 0.3) is 5.91 Å². The zero-order chi connectivity index (χ0) is 28.9. The van der Waals surface area contributed by atoms with Crippen molar-refractivity contribution in [2.45, 2.75) is 57.7 Å². The van der Waals surface area contributed by atoms with Crippen LogP contribution >= 0.6 is 11.6 Å². The van der Waals surface area contributed by atoms with E-state index in [-0.39, 0.29) is 24.1 Å². The molecule has 9 nitrogen and oxygen atoms in total. The second-order valence-corrected chi connectivity index (χ2v) is 12.0. The number of nitrogens with zero attached hydrogens (tertiary/aromatic N) is 2. The minimum absolute atomic E-state index is 0.169. The number of amides is 2. The van der Waals surface area contributed by atoms with E-state index in [0.29, 0.717) is 57.9 Å². The summed E-state index contributed by atoms with van der Waals surface area (Å²) in [5, 5.41) is 6.80. The van der Waals surface area contributed by atoms with Crippen molar-refractivity contribution in [1.82, 2.24) is 20.2 Å². The summed E-state index contributed by atoms with van der Waals surface area (Å²) in [6.07, 6.45) is 5.56. The first-order chi connectivity index (χ1) is 19.6. The van der Waals surface area contributed by atoms with Crippen LogP contribution in [-0.2, 0) is 11.2 Å². The van der Waals surface area contributed by atoms with Crippen molar-refractivity contribution in [2.75, 3.05) is 19.0 Å². The number of para-hydroxylation sites is 1. The number of ether oxygens (including phenoxy) is 2. The summed E-state index contributed by atoms with van der Waals surface area (Å²) >= 11 is 6.39. The molecule has 3 unspecified atom stereocenters. The van der Waals surface area contributed by atoms with Crippen LogP contribution in [0.5, 0.6) is 5.75 Å². The van der Waals surface area contributed by atoms with Gasteiger partial charge in [0.15, 0.2) is 5.75 Å². The number of fused-ring (bicyclic) bond motifs is 2. The Balaban J connectivity index is 1.39. The summed E-state index contributed by atoms with van der Waals surface area (Å²) in [6, 6.07) is 7.23. The molecule has 0 bridgehead atoms. The molecule has 41 heavy (non-hydrogen) atoms. The number of nitrogens with one attached hydrogen (secondary N) is 3. The SMILES string of the molecule is COc1c(Cl)cccc1Nc1c(-c2ccncc2C#CC2CC3CC3N2C(=O)OC(C)(C)C)[nH]c2c1C(=O)NCC2. The van der Waals surface area contributed by atoms with Crippen LogP contribution < -0.4 is 15.4 Å². The first-order valence-electron chi connectivity index (χ1n) is 13.7. The number of piperidine rings is 1. The summed E-state index contributed by atoms with van der Waals surface area (Å²) in [7, 11) is 1.55. The number of aromatic nitrogens is 2. The van der Waals surface area contributed by atoms with Crippen LogP contribution in [0.4, 0.5) is 16.2 Å². The van der Waals surface area contributed by atoms with Gasteiger partial charge >= 0.3 is 6.09 Å². The highest BCUT2D eigenvalue weighted by molar-refractivity contribution is 6.32. The predicted octanol–water partition coefficient (Wildman–Crippen LogP) is 5.52. The Bertz CT molecular complexity index is 1600. The zero-order valence-electron chi connectivity index (χ0n) is 23.4. The van der Waals surface area contributed by atoms with Crippen LogP contribution in [0.15, 0.2) is 36.7 Å². The third kappa shape index (κ3) is 5.20. The smallest absolute Gasteiger partial charge is 0.411 e. The molecule has 1 saturated heterocycles. The fourth-order valence-corrected chi connectivity index (χ4v) is 5.94. The molecule has 1 aliphatic carbocycles. The lowest BCUT2D eigenvalue weighted by atomic mass is 10.0.